The molecule has 7 heteroatoms. The fourth-order valence-electron chi connectivity index (χ4n) is 1.97. The van der Waals surface area contributed by atoms with Gasteiger partial charge in [-0.05, 0) is 24.1 Å². The molecule has 0 radical (unpaired) electrons. The largest absolute Gasteiger partial charge is 0.356 e. The highest BCUT2D eigenvalue weighted by atomic mass is 127. The molecule has 1 amide bonds. The van der Waals surface area contributed by atoms with Gasteiger partial charge in [-0.25, -0.2) is 0 Å². The number of nitrogens with zero attached hydrogens (tertiary/aromatic N) is 1. The first kappa shape index (κ1) is 22.8. The molecule has 0 aromatic heterocycles. The molecule has 0 spiro atoms. The molecule has 0 aliphatic carbocycles. The SMILES string of the molecule is C=CCSCCNC(=NC)NCCc1cccc(C(=O)NC)c1.I. The highest BCUT2D eigenvalue weighted by Gasteiger charge is 2.04. The van der Waals surface area contributed by atoms with Gasteiger partial charge in [-0.2, -0.15) is 11.8 Å². The molecule has 134 valence electrons. The number of hydrogen-bond acceptors (Lipinski definition) is 3. The third-order valence-corrected chi connectivity index (χ3v) is 4.08. The molecule has 5 nitrogen and oxygen atoms in total. The van der Waals surface area contributed by atoms with Gasteiger partial charge in [0, 0.05) is 44.3 Å². The van der Waals surface area contributed by atoms with Gasteiger partial charge in [0.15, 0.2) is 5.96 Å². The molecule has 24 heavy (non-hydrogen) atoms. The van der Waals surface area contributed by atoms with E-state index in [9.17, 15) is 4.79 Å². The summed E-state index contributed by atoms with van der Waals surface area (Å²) in [5.74, 6) is 2.72. The van der Waals surface area contributed by atoms with Crippen LogP contribution < -0.4 is 16.0 Å². The number of nitrogens with one attached hydrogen (secondary N) is 3. The van der Waals surface area contributed by atoms with E-state index in [0.29, 0.717) is 5.56 Å². The maximum atomic E-state index is 11.6. The number of amides is 1. The number of rotatable bonds is 9. The third-order valence-electron chi connectivity index (χ3n) is 3.12. The van der Waals surface area contributed by atoms with Gasteiger partial charge >= 0.3 is 0 Å². The Kier molecular flexibility index (Phi) is 13.4. The Labute approximate surface area is 166 Å². The first-order chi connectivity index (χ1) is 11.2. The highest BCUT2D eigenvalue weighted by molar-refractivity contribution is 14.0. The summed E-state index contributed by atoms with van der Waals surface area (Å²) in [4.78, 5) is 15.8. The molecule has 1 rings (SSSR count). The summed E-state index contributed by atoms with van der Waals surface area (Å²) in [6.07, 6.45) is 2.74. The molecule has 0 aliphatic rings. The van der Waals surface area contributed by atoms with Crippen molar-refractivity contribution in [2.75, 3.05) is 38.7 Å². The minimum Gasteiger partial charge on any atom is -0.356 e. The second-order valence-electron chi connectivity index (χ2n) is 4.82. The van der Waals surface area contributed by atoms with Gasteiger partial charge in [-0.15, -0.1) is 30.6 Å². The van der Waals surface area contributed by atoms with Crippen LogP contribution in [0.3, 0.4) is 0 Å². The van der Waals surface area contributed by atoms with Crippen LogP contribution in [0.2, 0.25) is 0 Å². The molecule has 0 atom stereocenters. The molecule has 0 unspecified atom stereocenters. The molecule has 1 aromatic carbocycles. The van der Waals surface area contributed by atoms with Crippen LogP contribution in [0.15, 0.2) is 41.9 Å². The summed E-state index contributed by atoms with van der Waals surface area (Å²) in [6.45, 7) is 5.33. The normalized spacial score (nSPS) is 10.5. The van der Waals surface area contributed by atoms with Crippen molar-refractivity contribution < 1.29 is 4.79 Å². The van der Waals surface area contributed by atoms with Crippen LogP contribution in [0.1, 0.15) is 15.9 Å². The number of halogens is 1. The van der Waals surface area contributed by atoms with E-state index in [4.69, 9.17) is 0 Å². The molecule has 0 bridgehead atoms. The number of aliphatic imine (C=N–C) groups is 1. The van der Waals surface area contributed by atoms with E-state index in [1.165, 1.54) is 0 Å². The van der Waals surface area contributed by atoms with Crippen molar-refractivity contribution in [3.05, 3.63) is 48.0 Å². The minimum atomic E-state index is -0.0608. The molecule has 1 aromatic rings. The van der Waals surface area contributed by atoms with Crippen molar-refractivity contribution in [1.29, 1.82) is 0 Å². The zero-order valence-electron chi connectivity index (χ0n) is 14.3. The maximum Gasteiger partial charge on any atom is 0.251 e. The zero-order chi connectivity index (χ0) is 16.9. The van der Waals surface area contributed by atoms with Crippen LogP contribution in [-0.2, 0) is 6.42 Å². The second kappa shape index (κ2) is 14.2. The third kappa shape index (κ3) is 9.17. The molecular formula is C17H27IN4OS. The van der Waals surface area contributed by atoms with Gasteiger partial charge in [0.2, 0.25) is 0 Å². The standard InChI is InChI=1S/C17H26N4OS.HI/c1-4-11-23-12-10-21-17(19-3)20-9-8-14-6-5-7-15(13-14)16(22)18-2;/h4-7,13H,1,8-12H2,2-3H3,(H,18,22)(H2,19,20,21);1H. The van der Waals surface area contributed by atoms with Crippen molar-refractivity contribution in [1.82, 2.24) is 16.0 Å². The predicted octanol–water partition coefficient (Wildman–Crippen LogP) is 2.29. The zero-order valence-corrected chi connectivity index (χ0v) is 17.4. The molecule has 0 aliphatic heterocycles. The van der Waals surface area contributed by atoms with E-state index in [1.807, 2.05) is 42.1 Å². The maximum absolute atomic E-state index is 11.6. The van der Waals surface area contributed by atoms with Gasteiger partial charge < -0.3 is 16.0 Å². The van der Waals surface area contributed by atoms with E-state index >= 15 is 0 Å². The monoisotopic (exact) mass is 462 g/mol. The first-order valence-electron chi connectivity index (χ1n) is 7.65. The lowest BCUT2D eigenvalue weighted by Gasteiger charge is -2.12. The van der Waals surface area contributed by atoms with Crippen LogP contribution in [0.5, 0.6) is 0 Å². The average molecular weight is 462 g/mol. The van der Waals surface area contributed by atoms with E-state index in [2.05, 4.69) is 27.5 Å². The van der Waals surface area contributed by atoms with Crippen molar-refractivity contribution in [3.8, 4) is 0 Å². The van der Waals surface area contributed by atoms with Gasteiger partial charge in [-0.1, -0.05) is 18.2 Å². The van der Waals surface area contributed by atoms with Gasteiger partial charge in [0.1, 0.15) is 0 Å². The number of hydrogen-bond donors (Lipinski definition) is 3. The molecule has 0 saturated carbocycles. The van der Waals surface area contributed by atoms with Crippen molar-refractivity contribution in [3.63, 3.8) is 0 Å². The van der Waals surface area contributed by atoms with E-state index < -0.39 is 0 Å². The first-order valence-corrected chi connectivity index (χ1v) is 8.81. The minimum absolute atomic E-state index is 0. The number of guanidine groups is 1. The van der Waals surface area contributed by atoms with Crippen LogP contribution in [0, 0.1) is 0 Å². The van der Waals surface area contributed by atoms with Gasteiger partial charge in [0.05, 0.1) is 0 Å². The molecule has 3 N–H and O–H groups in total. The molecule has 0 fully saturated rings. The number of thioether (sulfide) groups is 1. The Hall–Kier alpha value is -1.22. The molecule has 0 saturated heterocycles. The van der Waals surface area contributed by atoms with E-state index in [-0.39, 0.29) is 29.9 Å². The Balaban J connectivity index is 0.00000529. The molecule has 0 heterocycles. The van der Waals surface area contributed by atoms with Crippen molar-refractivity contribution in [2.24, 2.45) is 4.99 Å². The van der Waals surface area contributed by atoms with Crippen LogP contribution in [-0.4, -0.2) is 50.6 Å². The summed E-state index contributed by atoms with van der Waals surface area (Å²) in [5.41, 5.74) is 1.81. The Morgan fingerprint density at radius 1 is 1.33 bits per heavy atom. The summed E-state index contributed by atoms with van der Waals surface area (Å²) in [5, 5.41) is 9.19. The Morgan fingerprint density at radius 2 is 2.08 bits per heavy atom. The number of benzene rings is 1. The van der Waals surface area contributed by atoms with Crippen LogP contribution >= 0.6 is 35.7 Å². The topological polar surface area (TPSA) is 65.5 Å². The Bertz CT molecular complexity index is 537. The number of carbonyl (C=O) groups excluding carboxylic acids is 1. The summed E-state index contributed by atoms with van der Waals surface area (Å²) in [7, 11) is 3.40. The Morgan fingerprint density at radius 3 is 2.75 bits per heavy atom. The van der Waals surface area contributed by atoms with E-state index in [1.54, 1.807) is 14.1 Å². The summed E-state index contributed by atoms with van der Waals surface area (Å²) in [6, 6.07) is 7.67. The smallest absolute Gasteiger partial charge is 0.251 e. The van der Waals surface area contributed by atoms with Crippen molar-refractivity contribution >= 4 is 47.6 Å². The van der Waals surface area contributed by atoms with Gasteiger partial charge in [0.25, 0.3) is 5.91 Å². The van der Waals surface area contributed by atoms with Crippen LogP contribution in [0.25, 0.3) is 0 Å². The summed E-state index contributed by atoms with van der Waals surface area (Å²) < 4.78 is 0. The van der Waals surface area contributed by atoms with Crippen LogP contribution in [0.4, 0.5) is 0 Å². The lowest BCUT2D eigenvalue weighted by molar-refractivity contribution is 0.0963. The average Bonchev–Trinajstić information content (AvgIpc) is 2.59. The number of carbonyl (C=O) groups is 1. The lowest BCUT2D eigenvalue weighted by atomic mass is 10.1. The highest BCUT2D eigenvalue weighted by Crippen LogP contribution is 2.05. The quantitative estimate of drug-likeness (QED) is 0.173. The lowest BCUT2D eigenvalue weighted by Crippen LogP contribution is -2.39. The summed E-state index contributed by atoms with van der Waals surface area (Å²) >= 11 is 1.83. The fourth-order valence-corrected chi connectivity index (χ4v) is 2.55. The fraction of sp³-hybridized carbons (Fsp3) is 0.412. The molecular weight excluding hydrogens is 435 g/mol. The van der Waals surface area contributed by atoms with Crippen molar-refractivity contribution in [2.45, 2.75) is 6.42 Å². The second-order valence-corrected chi connectivity index (χ2v) is 5.97. The predicted molar refractivity (Wildman–Crippen MR) is 116 cm³/mol. The van der Waals surface area contributed by atoms with E-state index in [0.717, 1.165) is 42.5 Å². The van der Waals surface area contributed by atoms with Gasteiger partial charge in [-0.3, -0.25) is 9.79 Å².